The molecule has 0 spiro atoms. The zero-order valence-electron chi connectivity index (χ0n) is 10.6. The number of aryl methyl sites for hydroxylation is 2. The molecule has 0 saturated carbocycles. The molecule has 0 aliphatic rings. The van der Waals surface area contributed by atoms with Crippen molar-refractivity contribution in [3.05, 3.63) is 59.2 Å². The van der Waals surface area contributed by atoms with E-state index in [1.54, 1.807) is 6.21 Å². The number of rotatable bonds is 3. The van der Waals surface area contributed by atoms with Gasteiger partial charge in [0.2, 0.25) is 0 Å². The summed E-state index contributed by atoms with van der Waals surface area (Å²) in [6, 6.07) is 13.7. The first-order valence-corrected chi connectivity index (χ1v) is 5.77. The molecule has 3 heteroatoms. The van der Waals surface area contributed by atoms with E-state index in [-0.39, 0.29) is 0 Å². The van der Waals surface area contributed by atoms with Crippen molar-refractivity contribution in [3.63, 3.8) is 0 Å². The van der Waals surface area contributed by atoms with Gasteiger partial charge in [0.05, 0.1) is 6.21 Å². The summed E-state index contributed by atoms with van der Waals surface area (Å²) in [6.45, 7) is 4.16. The van der Waals surface area contributed by atoms with Crippen LogP contribution in [0.4, 0.5) is 0 Å². The number of nitrogens with zero attached hydrogens (tertiary/aromatic N) is 1. The van der Waals surface area contributed by atoms with E-state index in [9.17, 15) is 0 Å². The Morgan fingerprint density at radius 1 is 0.944 bits per heavy atom. The number of hydrazone groups is 1. The Balaban J connectivity index is 2.15. The van der Waals surface area contributed by atoms with Gasteiger partial charge in [-0.3, -0.25) is 0 Å². The molecule has 0 bridgehead atoms. The van der Waals surface area contributed by atoms with Crippen LogP contribution in [-0.2, 0) is 0 Å². The van der Waals surface area contributed by atoms with Gasteiger partial charge in [-0.2, -0.15) is 5.10 Å². The molecule has 2 aromatic rings. The molecule has 0 aromatic heterocycles. The second kappa shape index (κ2) is 5.36. The number of hydrogen-bond acceptors (Lipinski definition) is 3. The van der Waals surface area contributed by atoms with Crippen molar-refractivity contribution in [1.29, 1.82) is 0 Å². The molecule has 0 atom stereocenters. The highest BCUT2D eigenvalue weighted by Crippen LogP contribution is 2.23. The van der Waals surface area contributed by atoms with E-state index in [0.717, 1.165) is 17.1 Å². The van der Waals surface area contributed by atoms with Crippen LogP contribution in [0, 0.1) is 13.8 Å². The predicted molar refractivity (Wildman–Crippen MR) is 74.2 cm³/mol. The van der Waals surface area contributed by atoms with Crippen LogP contribution >= 0.6 is 0 Å². The fourth-order valence-electron chi connectivity index (χ4n) is 1.62. The van der Waals surface area contributed by atoms with Crippen LogP contribution in [0.1, 0.15) is 16.7 Å². The smallest absolute Gasteiger partial charge is 0.127 e. The summed E-state index contributed by atoms with van der Waals surface area (Å²) in [5.74, 6) is 6.74. The lowest BCUT2D eigenvalue weighted by Crippen LogP contribution is -1.89. The Labute approximate surface area is 107 Å². The van der Waals surface area contributed by atoms with E-state index in [2.05, 4.69) is 25.0 Å². The Morgan fingerprint density at radius 2 is 1.61 bits per heavy atom. The van der Waals surface area contributed by atoms with Gasteiger partial charge in [0.1, 0.15) is 11.5 Å². The highest BCUT2D eigenvalue weighted by atomic mass is 16.5. The molecule has 3 nitrogen and oxygen atoms in total. The van der Waals surface area contributed by atoms with Crippen LogP contribution in [0.3, 0.4) is 0 Å². The molecular formula is C15H16N2O. The van der Waals surface area contributed by atoms with Gasteiger partial charge in [0.15, 0.2) is 0 Å². The molecule has 0 aliphatic heterocycles. The van der Waals surface area contributed by atoms with Crippen LogP contribution in [-0.4, -0.2) is 6.21 Å². The van der Waals surface area contributed by atoms with Crippen molar-refractivity contribution >= 4 is 6.21 Å². The van der Waals surface area contributed by atoms with E-state index in [1.165, 1.54) is 11.1 Å². The molecule has 0 aliphatic carbocycles. The van der Waals surface area contributed by atoms with Gasteiger partial charge >= 0.3 is 0 Å². The predicted octanol–water partition coefficient (Wildman–Crippen LogP) is 3.39. The second-order valence-electron chi connectivity index (χ2n) is 4.20. The minimum absolute atomic E-state index is 0.799. The average Bonchev–Trinajstić information content (AvgIpc) is 2.37. The molecule has 0 heterocycles. The van der Waals surface area contributed by atoms with E-state index in [4.69, 9.17) is 10.6 Å². The quantitative estimate of drug-likeness (QED) is 0.508. The lowest BCUT2D eigenvalue weighted by molar-refractivity contribution is 0.482. The van der Waals surface area contributed by atoms with Gasteiger partial charge in [-0.15, -0.1) is 0 Å². The lowest BCUT2D eigenvalue weighted by Gasteiger charge is -2.08. The Bertz CT molecular complexity index is 559. The number of nitrogens with two attached hydrogens (primary N) is 1. The van der Waals surface area contributed by atoms with Gasteiger partial charge in [0, 0.05) is 0 Å². The van der Waals surface area contributed by atoms with E-state index < -0.39 is 0 Å². The van der Waals surface area contributed by atoms with Gasteiger partial charge in [-0.25, -0.2) is 0 Å². The second-order valence-corrected chi connectivity index (χ2v) is 4.20. The molecule has 0 fully saturated rings. The van der Waals surface area contributed by atoms with Gasteiger partial charge < -0.3 is 10.6 Å². The minimum atomic E-state index is 0.799. The van der Waals surface area contributed by atoms with Crippen molar-refractivity contribution in [1.82, 2.24) is 0 Å². The average molecular weight is 240 g/mol. The van der Waals surface area contributed by atoms with Crippen molar-refractivity contribution in [3.8, 4) is 11.5 Å². The lowest BCUT2D eigenvalue weighted by atomic mass is 10.1. The Morgan fingerprint density at radius 3 is 2.22 bits per heavy atom. The number of hydrogen-bond donors (Lipinski definition) is 1. The third-order valence-corrected chi connectivity index (χ3v) is 2.82. The fraction of sp³-hybridized carbons (Fsp3) is 0.133. The maximum Gasteiger partial charge on any atom is 0.127 e. The summed E-state index contributed by atoms with van der Waals surface area (Å²) in [7, 11) is 0. The summed E-state index contributed by atoms with van der Waals surface area (Å²) in [5, 5.41) is 3.48. The summed E-state index contributed by atoms with van der Waals surface area (Å²) >= 11 is 0. The molecular weight excluding hydrogens is 224 g/mol. The van der Waals surface area contributed by atoms with Crippen LogP contribution < -0.4 is 10.6 Å². The first-order chi connectivity index (χ1) is 8.69. The molecule has 0 unspecified atom stereocenters. The maximum absolute atomic E-state index is 5.77. The van der Waals surface area contributed by atoms with Crippen molar-refractivity contribution in [2.45, 2.75) is 13.8 Å². The molecule has 18 heavy (non-hydrogen) atoms. The van der Waals surface area contributed by atoms with Crippen molar-refractivity contribution in [2.24, 2.45) is 10.9 Å². The minimum Gasteiger partial charge on any atom is -0.457 e. The molecule has 2 N–H and O–H groups in total. The first-order valence-electron chi connectivity index (χ1n) is 5.77. The summed E-state index contributed by atoms with van der Waals surface area (Å²) < 4.78 is 5.77. The highest BCUT2D eigenvalue weighted by Gasteiger charge is 1.99. The summed E-state index contributed by atoms with van der Waals surface area (Å²) in [4.78, 5) is 0. The maximum atomic E-state index is 5.77. The third-order valence-electron chi connectivity index (χ3n) is 2.82. The van der Waals surface area contributed by atoms with E-state index in [0.29, 0.717) is 0 Å². The zero-order valence-corrected chi connectivity index (χ0v) is 10.6. The van der Waals surface area contributed by atoms with Crippen LogP contribution in [0.5, 0.6) is 11.5 Å². The van der Waals surface area contributed by atoms with Gasteiger partial charge in [-0.1, -0.05) is 6.07 Å². The highest BCUT2D eigenvalue weighted by molar-refractivity contribution is 5.79. The summed E-state index contributed by atoms with van der Waals surface area (Å²) in [5.41, 5.74) is 3.43. The zero-order chi connectivity index (χ0) is 13.0. The molecule has 0 saturated heterocycles. The fourth-order valence-corrected chi connectivity index (χ4v) is 1.62. The monoisotopic (exact) mass is 240 g/mol. The molecule has 2 rings (SSSR count). The Hall–Kier alpha value is -2.29. The standard InChI is InChI=1S/C15H16N2O/c1-11-3-6-15(9-12(11)2)18-14-7-4-13(5-8-14)10-17-16/h3-10H,16H2,1-2H3. The topological polar surface area (TPSA) is 47.6 Å². The SMILES string of the molecule is Cc1ccc(Oc2ccc(C=NN)cc2)cc1C. The number of ether oxygens (including phenoxy) is 1. The molecule has 0 amide bonds. The largest absolute Gasteiger partial charge is 0.457 e. The summed E-state index contributed by atoms with van der Waals surface area (Å²) in [6.07, 6.45) is 1.60. The third kappa shape index (κ3) is 2.88. The van der Waals surface area contributed by atoms with Crippen molar-refractivity contribution in [2.75, 3.05) is 0 Å². The normalized spacial score (nSPS) is 10.8. The van der Waals surface area contributed by atoms with Crippen LogP contribution in [0.25, 0.3) is 0 Å². The first kappa shape index (κ1) is 12.2. The van der Waals surface area contributed by atoms with Crippen LogP contribution in [0.2, 0.25) is 0 Å². The molecule has 2 aromatic carbocycles. The number of benzene rings is 2. The van der Waals surface area contributed by atoms with Gasteiger partial charge in [0.25, 0.3) is 0 Å². The molecule has 0 radical (unpaired) electrons. The molecule has 92 valence electrons. The van der Waals surface area contributed by atoms with Crippen molar-refractivity contribution < 1.29 is 4.74 Å². The Kier molecular flexibility index (Phi) is 3.63. The van der Waals surface area contributed by atoms with Gasteiger partial charge in [-0.05, 0) is 66.9 Å². The van der Waals surface area contributed by atoms with Crippen LogP contribution in [0.15, 0.2) is 47.6 Å². The van der Waals surface area contributed by atoms with E-state index >= 15 is 0 Å². The van der Waals surface area contributed by atoms with E-state index in [1.807, 2.05) is 36.4 Å².